The van der Waals surface area contributed by atoms with Gasteiger partial charge < -0.3 is 4.74 Å². The van der Waals surface area contributed by atoms with Crippen LogP contribution >= 0.6 is 11.6 Å². The molecule has 100 valence electrons. The molecule has 0 radical (unpaired) electrons. The fourth-order valence-corrected chi connectivity index (χ4v) is 2.38. The van der Waals surface area contributed by atoms with Crippen LogP contribution in [0.2, 0.25) is 5.28 Å². The summed E-state index contributed by atoms with van der Waals surface area (Å²) in [5.41, 5.74) is 3.20. The quantitative estimate of drug-likeness (QED) is 0.909. The Morgan fingerprint density at radius 2 is 1.89 bits per heavy atom. The van der Waals surface area contributed by atoms with Crippen molar-refractivity contribution < 1.29 is 4.74 Å². The van der Waals surface area contributed by atoms with Gasteiger partial charge in [0.1, 0.15) is 0 Å². The molecule has 0 aliphatic carbocycles. The van der Waals surface area contributed by atoms with Crippen molar-refractivity contribution in [3.63, 3.8) is 0 Å². The SMILES string of the molecule is COc1nc(Cl)nc(NN2C(C)CCCC2C)n1. The van der Waals surface area contributed by atoms with Gasteiger partial charge in [0.05, 0.1) is 7.11 Å². The maximum atomic E-state index is 5.82. The smallest absolute Gasteiger partial charge is 0.322 e. The van der Waals surface area contributed by atoms with Crippen molar-refractivity contribution in [2.75, 3.05) is 12.5 Å². The zero-order chi connectivity index (χ0) is 13.1. The van der Waals surface area contributed by atoms with E-state index in [2.05, 4.69) is 39.2 Å². The maximum Gasteiger partial charge on any atom is 0.322 e. The molecule has 0 aromatic carbocycles. The third-order valence-electron chi connectivity index (χ3n) is 3.19. The largest absolute Gasteiger partial charge is 0.467 e. The molecule has 2 atom stereocenters. The van der Waals surface area contributed by atoms with Gasteiger partial charge in [-0.3, -0.25) is 5.43 Å². The van der Waals surface area contributed by atoms with Gasteiger partial charge in [-0.15, -0.1) is 0 Å². The van der Waals surface area contributed by atoms with E-state index in [1.165, 1.54) is 13.5 Å². The zero-order valence-electron chi connectivity index (χ0n) is 10.9. The number of aromatic nitrogens is 3. The van der Waals surface area contributed by atoms with Crippen LogP contribution < -0.4 is 10.2 Å². The molecule has 18 heavy (non-hydrogen) atoms. The predicted octanol–water partition coefficient (Wildman–Crippen LogP) is 2.12. The minimum Gasteiger partial charge on any atom is -0.467 e. The second-order valence-corrected chi connectivity index (χ2v) is 4.90. The Bertz CT molecular complexity index is 406. The van der Waals surface area contributed by atoms with Gasteiger partial charge in [0.2, 0.25) is 11.2 Å². The Kier molecular flexibility index (Phi) is 4.19. The molecule has 2 heterocycles. The molecular formula is C11H18ClN5O. The number of hydrazine groups is 1. The van der Waals surface area contributed by atoms with Crippen LogP contribution in [0, 0.1) is 0 Å². The number of hydrogen-bond donors (Lipinski definition) is 1. The summed E-state index contributed by atoms with van der Waals surface area (Å²) >= 11 is 5.82. The first-order chi connectivity index (χ1) is 8.60. The minimum absolute atomic E-state index is 0.127. The molecule has 6 nitrogen and oxygen atoms in total. The summed E-state index contributed by atoms with van der Waals surface area (Å²) in [6.45, 7) is 4.37. The van der Waals surface area contributed by atoms with Gasteiger partial charge in [-0.1, -0.05) is 6.42 Å². The highest BCUT2D eigenvalue weighted by molar-refractivity contribution is 6.28. The molecule has 0 bridgehead atoms. The summed E-state index contributed by atoms with van der Waals surface area (Å²) in [6, 6.07) is 1.10. The van der Waals surface area contributed by atoms with Gasteiger partial charge in [0.25, 0.3) is 0 Å². The lowest BCUT2D eigenvalue weighted by Gasteiger charge is -2.38. The summed E-state index contributed by atoms with van der Waals surface area (Å²) < 4.78 is 4.97. The molecule has 1 aliphatic heterocycles. The summed E-state index contributed by atoms with van der Waals surface area (Å²) in [6.07, 6.45) is 3.57. The Labute approximate surface area is 112 Å². The van der Waals surface area contributed by atoms with E-state index in [4.69, 9.17) is 16.3 Å². The molecule has 1 aromatic heterocycles. The number of nitrogens with one attached hydrogen (secondary N) is 1. The Morgan fingerprint density at radius 1 is 1.22 bits per heavy atom. The number of anilines is 1. The number of halogens is 1. The Balaban J connectivity index is 2.14. The van der Waals surface area contributed by atoms with Gasteiger partial charge in [0, 0.05) is 12.1 Å². The topological polar surface area (TPSA) is 63.2 Å². The lowest BCUT2D eigenvalue weighted by molar-refractivity contribution is 0.134. The average Bonchev–Trinajstić information content (AvgIpc) is 2.33. The van der Waals surface area contributed by atoms with Crippen molar-refractivity contribution in [3.05, 3.63) is 5.28 Å². The fourth-order valence-electron chi connectivity index (χ4n) is 2.23. The predicted molar refractivity (Wildman–Crippen MR) is 69.6 cm³/mol. The van der Waals surface area contributed by atoms with E-state index >= 15 is 0 Å². The van der Waals surface area contributed by atoms with Crippen LogP contribution in [-0.4, -0.2) is 39.2 Å². The number of nitrogens with zero attached hydrogens (tertiary/aromatic N) is 4. The second-order valence-electron chi connectivity index (χ2n) is 4.56. The van der Waals surface area contributed by atoms with Crippen LogP contribution in [0.25, 0.3) is 0 Å². The average molecular weight is 272 g/mol. The van der Waals surface area contributed by atoms with E-state index in [1.54, 1.807) is 0 Å². The molecule has 7 heteroatoms. The van der Waals surface area contributed by atoms with Crippen molar-refractivity contribution in [1.82, 2.24) is 20.0 Å². The molecule has 1 aromatic rings. The first-order valence-electron chi connectivity index (χ1n) is 6.10. The van der Waals surface area contributed by atoms with E-state index in [1.807, 2.05) is 0 Å². The van der Waals surface area contributed by atoms with Gasteiger partial charge >= 0.3 is 6.01 Å². The molecular weight excluding hydrogens is 254 g/mol. The van der Waals surface area contributed by atoms with Crippen LogP contribution in [0.4, 0.5) is 5.95 Å². The van der Waals surface area contributed by atoms with Gasteiger partial charge in [-0.25, -0.2) is 5.01 Å². The highest BCUT2D eigenvalue weighted by Gasteiger charge is 2.25. The third kappa shape index (κ3) is 3.00. The van der Waals surface area contributed by atoms with Crippen molar-refractivity contribution in [2.24, 2.45) is 0 Å². The van der Waals surface area contributed by atoms with Crippen LogP contribution in [0.5, 0.6) is 6.01 Å². The summed E-state index contributed by atoms with van der Waals surface area (Å²) in [7, 11) is 1.50. The first kappa shape index (κ1) is 13.3. The third-order valence-corrected chi connectivity index (χ3v) is 3.36. The minimum atomic E-state index is 0.127. The molecule has 2 rings (SSSR count). The number of methoxy groups -OCH3 is 1. The lowest BCUT2D eigenvalue weighted by Crippen LogP contribution is -2.47. The van der Waals surface area contributed by atoms with Crippen molar-refractivity contribution in [1.29, 1.82) is 0 Å². The lowest BCUT2D eigenvalue weighted by atomic mass is 10.00. The number of rotatable bonds is 3. The zero-order valence-corrected chi connectivity index (χ0v) is 11.6. The molecule has 2 unspecified atom stereocenters. The normalized spacial score (nSPS) is 24.9. The standard InChI is InChI=1S/C11H18ClN5O/c1-7-5-4-6-8(2)17(7)16-10-13-9(12)14-11(15-10)18-3/h7-8H,4-6H2,1-3H3,(H,13,14,15,16). The van der Waals surface area contributed by atoms with E-state index in [0.29, 0.717) is 18.0 Å². The van der Waals surface area contributed by atoms with Crippen LogP contribution in [0.3, 0.4) is 0 Å². The first-order valence-corrected chi connectivity index (χ1v) is 6.48. The van der Waals surface area contributed by atoms with E-state index in [9.17, 15) is 0 Å². The van der Waals surface area contributed by atoms with E-state index in [0.717, 1.165) is 12.8 Å². The Morgan fingerprint density at radius 3 is 2.50 bits per heavy atom. The van der Waals surface area contributed by atoms with Crippen molar-refractivity contribution in [2.45, 2.75) is 45.2 Å². The summed E-state index contributed by atoms with van der Waals surface area (Å²) in [5, 5.41) is 2.29. The molecule has 0 spiro atoms. The van der Waals surface area contributed by atoms with Crippen LogP contribution in [0.15, 0.2) is 0 Å². The van der Waals surface area contributed by atoms with E-state index in [-0.39, 0.29) is 11.3 Å². The highest BCUT2D eigenvalue weighted by Crippen LogP contribution is 2.23. The number of piperidine rings is 1. The molecule has 0 saturated carbocycles. The number of hydrogen-bond acceptors (Lipinski definition) is 6. The van der Waals surface area contributed by atoms with Gasteiger partial charge in [-0.2, -0.15) is 15.0 Å². The summed E-state index contributed by atoms with van der Waals surface area (Å²) in [4.78, 5) is 12.0. The van der Waals surface area contributed by atoms with Gasteiger partial charge in [0.15, 0.2) is 0 Å². The van der Waals surface area contributed by atoms with Gasteiger partial charge in [-0.05, 0) is 38.3 Å². The molecule has 1 saturated heterocycles. The number of ether oxygens (including phenoxy) is 1. The molecule has 1 aliphatic rings. The maximum absolute atomic E-state index is 5.82. The van der Waals surface area contributed by atoms with Crippen molar-refractivity contribution in [3.8, 4) is 6.01 Å². The monoisotopic (exact) mass is 271 g/mol. The molecule has 1 N–H and O–H groups in total. The molecule has 1 fully saturated rings. The molecule has 0 amide bonds. The second kappa shape index (κ2) is 5.67. The Hall–Kier alpha value is -1.14. The highest BCUT2D eigenvalue weighted by atomic mass is 35.5. The van der Waals surface area contributed by atoms with Crippen LogP contribution in [0.1, 0.15) is 33.1 Å². The van der Waals surface area contributed by atoms with E-state index < -0.39 is 0 Å². The summed E-state index contributed by atoms with van der Waals surface area (Å²) in [5.74, 6) is 0.424. The van der Waals surface area contributed by atoms with Crippen molar-refractivity contribution >= 4 is 17.5 Å². The fraction of sp³-hybridized carbons (Fsp3) is 0.727. The van der Waals surface area contributed by atoms with Crippen LogP contribution in [-0.2, 0) is 0 Å².